The lowest BCUT2D eigenvalue weighted by Gasteiger charge is -2.13. The third kappa shape index (κ3) is 14.2. The van der Waals surface area contributed by atoms with E-state index in [1.165, 1.54) is 37.3 Å². The van der Waals surface area contributed by atoms with Gasteiger partial charge in [-0.3, -0.25) is 36.4 Å². The molecule has 2 aromatic heterocycles. The first-order valence-corrected chi connectivity index (χ1v) is 36.5. The molecule has 0 bridgehead atoms. The third-order valence-electron chi connectivity index (χ3n) is 12.5. The summed E-state index contributed by atoms with van der Waals surface area (Å²) in [6.07, 6.45) is -0.386. The summed E-state index contributed by atoms with van der Waals surface area (Å²) in [4.78, 5) is -5.01. The minimum atomic E-state index is -5.71. The number of ether oxygens (including phenoxy) is 1. The standard InChI is InChI=1S/C46H35N9O27S9/c1-21-14-32(33(82-12-5-13-84(58,59)60)20-31(21)49-53-46-47-29-10-11-34(86(64,65)66)44(42(29)83-46)91(79,80)81)50-51-39-37(89(73,74)75)19-28-25(41(39)56)8-9-30(43(28)90(76,77)78)48-52-40-38(22-6-3-2-4-7-22)54-55(45(40)57)23-15-26-27(35(16-23)87(67,68)69)17-24(85(61,62)63)18-36(26)88(70,71)72/h2-4,6-11,14-20,56-57H,5,12-13H2,1H3,(H,58,59,60)(H,61,62,63)(H,64,65,66)(H,67,68,69)(H,70,71,72)(H,73,74,75)(H,76,77,78)(H,79,80,81). The normalized spacial score (nSPS) is 13.5. The molecule has 10 N–H and O–H groups in total. The maximum Gasteiger partial charge on any atom is 0.297 e. The van der Waals surface area contributed by atoms with Gasteiger partial charge in [-0.15, -0.1) is 30.7 Å². The number of phenolic OH excluding ortho intramolecular Hbond substituents is 1. The Balaban J connectivity index is 1.16. The molecule has 0 saturated carbocycles. The monoisotopic (exact) mass is 1430 g/mol. The second kappa shape index (κ2) is 23.7. The van der Waals surface area contributed by atoms with Crippen LogP contribution in [0.3, 0.4) is 0 Å². The zero-order valence-corrected chi connectivity index (χ0v) is 51.8. The number of phenols is 1. The van der Waals surface area contributed by atoms with E-state index in [-0.39, 0.29) is 45.7 Å². The molecule has 480 valence electrons. The van der Waals surface area contributed by atoms with Crippen molar-refractivity contribution in [3.8, 4) is 34.3 Å². The highest BCUT2D eigenvalue weighted by atomic mass is 32.3. The van der Waals surface area contributed by atoms with Crippen molar-refractivity contribution in [1.29, 1.82) is 0 Å². The molecule has 0 fully saturated rings. The topological polar surface area (TPSA) is 590 Å². The predicted molar refractivity (Wildman–Crippen MR) is 312 cm³/mol. The molecular weight excluding hydrogens is 1400 g/mol. The van der Waals surface area contributed by atoms with Crippen molar-refractivity contribution < 1.29 is 119 Å². The van der Waals surface area contributed by atoms with Crippen LogP contribution in [0.1, 0.15) is 12.0 Å². The smallest absolute Gasteiger partial charge is 0.297 e. The first-order valence-electron chi connectivity index (χ1n) is 24.0. The number of hydrogen-bond donors (Lipinski definition) is 10. The number of aryl methyl sites for hydroxylation is 1. The van der Waals surface area contributed by atoms with Gasteiger partial charge in [-0.2, -0.15) is 77.1 Å². The fourth-order valence-electron chi connectivity index (χ4n) is 8.66. The van der Waals surface area contributed by atoms with Crippen molar-refractivity contribution in [2.24, 2.45) is 30.7 Å². The molecule has 0 aliphatic heterocycles. The van der Waals surface area contributed by atoms with Crippen molar-refractivity contribution >= 4 is 158 Å². The van der Waals surface area contributed by atoms with Gasteiger partial charge in [0.2, 0.25) is 11.0 Å². The number of fused-ring (bicyclic) bond motifs is 3. The molecule has 0 aliphatic rings. The molecule has 0 spiro atoms. The summed E-state index contributed by atoms with van der Waals surface area (Å²) in [5.41, 5.74) is -4.51. The average Bonchev–Trinajstić information content (AvgIpc) is 1.38. The highest BCUT2D eigenvalue weighted by molar-refractivity contribution is 7.89. The Bertz CT molecular complexity index is 5690. The van der Waals surface area contributed by atoms with Gasteiger partial charge in [0, 0.05) is 33.2 Å². The van der Waals surface area contributed by atoms with Crippen LogP contribution in [0.25, 0.3) is 48.7 Å². The largest absolute Gasteiger partial charge is 0.505 e. The predicted octanol–water partition coefficient (Wildman–Crippen LogP) is 7.80. The van der Waals surface area contributed by atoms with Crippen LogP contribution in [0.15, 0.2) is 162 Å². The lowest BCUT2D eigenvalue weighted by atomic mass is 10.1. The first kappa shape index (κ1) is 67.0. The minimum absolute atomic E-state index is 0.0489. The molecule has 2 heterocycles. The van der Waals surface area contributed by atoms with Gasteiger partial charge in [0.1, 0.15) is 57.9 Å². The molecule has 0 saturated heterocycles. The molecule has 0 unspecified atom stereocenters. The molecular formula is C46H35N9O27S9. The lowest BCUT2D eigenvalue weighted by molar-refractivity contribution is 0.317. The van der Waals surface area contributed by atoms with E-state index in [0.29, 0.717) is 40.3 Å². The van der Waals surface area contributed by atoms with Gasteiger partial charge >= 0.3 is 0 Å². The maximum absolute atomic E-state index is 13.3. The van der Waals surface area contributed by atoms with Gasteiger partial charge in [-0.1, -0.05) is 41.7 Å². The summed E-state index contributed by atoms with van der Waals surface area (Å²) in [6, 6.07) is 14.9. The van der Waals surface area contributed by atoms with Crippen LogP contribution in [0, 0.1) is 6.92 Å². The Morgan fingerprint density at radius 2 is 1.09 bits per heavy atom. The highest BCUT2D eigenvalue weighted by Crippen LogP contribution is 2.48. The number of nitrogens with zero attached hydrogens (tertiary/aromatic N) is 9. The number of rotatable bonds is 20. The zero-order chi connectivity index (χ0) is 67.1. The van der Waals surface area contributed by atoms with Gasteiger partial charge in [-0.05, 0) is 79.6 Å². The molecule has 0 radical (unpaired) electrons. The van der Waals surface area contributed by atoms with Crippen LogP contribution in [-0.4, -0.2) is 141 Å². The second-order valence-corrected chi connectivity index (χ2v) is 30.8. The Labute approximate surface area is 515 Å². The van der Waals surface area contributed by atoms with Crippen LogP contribution < -0.4 is 4.74 Å². The minimum Gasteiger partial charge on any atom is -0.505 e. The second-order valence-electron chi connectivity index (χ2n) is 18.6. The van der Waals surface area contributed by atoms with Crippen LogP contribution in [-0.2, 0) is 80.9 Å². The molecule has 0 aliphatic carbocycles. The third-order valence-corrected chi connectivity index (χ3v) is 20.8. The summed E-state index contributed by atoms with van der Waals surface area (Å²) in [7, 11) is -42.9. The molecule has 9 aromatic rings. The summed E-state index contributed by atoms with van der Waals surface area (Å²) in [5, 5.41) is 47.5. The van der Waals surface area contributed by atoms with E-state index < -0.39 is 200 Å². The van der Waals surface area contributed by atoms with Crippen molar-refractivity contribution in [1.82, 2.24) is 14.8 Å². The van der Waals surface area contributed by atoms with E-state index in [9.17, 15) is 114 Å². The number of aromatic hydroxyl groups is 2. The first-order chi connectivity index (χ1) is 41.9. The fraction of sp³-hybridized carbons (Fsp3) is 0.0870. The lowest BCUT2D eigenvalue weighted by Crippen LogP contribution is -2.08. The molecule has 7 aromatic carbocycles. The molecule has 0 amide bonds. The fourth-order valence-corrected chi connectivity index (χ4v) is 15.9. The van der Waals surface area contributed by atoms with Crippen molar-refractivity contribution in [2.75, 3.05) is 12.4 Å². The highest BCUT2D eigenvalue weighted by Gasteiger charge is 2.32. The van der Waals surface area contributed by atoms with Crippen LogP contribution in [0.2, 0.25) is 0 Å². The number of aromatic nitrogens is 3. The van der Waals surface area contributed by atoms with E-state index in [2.05, 4.69) is 40.8 Å². The van der Waals surface area contributed by atoms with Crippen LogP contribution >= 0.6 is 11.3 Å². The molecule has 36 nitrogen and oxygen atoms in total. The number of benzene rings is 7. The molecule has 91 heavy (non-hydrogen) atoms. The zero-order valence-electron chi connectivity index (χ0n) is 44.5. The Morgan fingerprint density at radius 1 is 0.505 bits per heavy atom. The van der Waals surface area contributed by atoms with Gasteiger partial charge in [0.05, 0.1) is 38.8 Å². The van der Waals surface area contributed by atoms with Gasteiger partial charge in [0.25, 0.3) is 80.9 Å². The number of hydrogen-bond acceptors (Lipinski definition) is 28. The van der Waals surface area contributed by atoms with Crippen LogP contribution in [0.4, 0.5) is 33.6 Å². The Hall–Kier alpha value is -8.36. The van der Waals surface area contributed by atoms with E-state index in [0.717, 1.165) is 36.4 Å². The van der Waals surface area contributed by atoms with Gasteiger partial charge in [0.15, 0.2) is 11.4 Å². The SMILES string of the molecule is Cc1cc(N=Nc2c(S(=O)(=O)O)cc3c(S(=O)(=O)O)c(N=Nc4c(-c5ccccc5)nn(-c5cc(S(=O)(=O)O)c6cc(S(=O)(=O)O)cc(S(=O)(=O)O)c6c5)c4O)ccc3c2O)c(OCCCS(=O)(=O)O)cc1N=Nc1nc2ccc(S(=O)(=O)O)c(S(=O)(=O)O)c2s1. The van der Waals surface area contributed by atoms with E-state index in [4.69, 9.17) is 4.74 Å². The van der Waals surface area contributed by atoms with E-state index in [1.807, 2.05) is 0 Å². The van der Waals surface area contributed by atoms with Crippen molar-refractivity contribution in [2.45, 2.75) is 47.6 Å². The Kier molecular flexibility index (Phi) is 17.5. The molecule has 9 rings (SSSR count). The molecule has 45 heteroatoms. The summed E-state index contributed by atoms with van der Waals surface area (Å²) >= 11 is 0.401. The van der Waals surface area contributed by atoms with E-state index in [1.54, 1.807) is 0 Å². The quantitative estimate of drug-likeness (QED) is 0.0197. The van der Waals surface area contributed by atoms with Crippen LogP contribution in [0.5, 0.6) is 17.4 Å². The molecule has 0 atom stereocenters. The average molecular weight is 1430 g/mol. The maximum atomic E-state index is 13.3. The summed E-state index contributed by atoms with van der Waals surface area (Å²) in [5.74, 6) is -3.65. The Morgan fingerprint density at radius 3 is 1.68 bits per heavy atom. The van der Waals surface area contributed by atoms with Gasteiger partial charge in [-0.25, -0.2) is 4.98 Å². The summed E-state index contributed by atoms with van der Waals surface area (Å²) in [6.45, 7) is 0.847. The number of thiazole rings is 1. The van der Waals surface area contributed by atoms with Crippen molar-refractivity contribution in [3.63, 3.8) is 0 Å². The van der Waals surface area contributed by atoms with Gasteiger partial charge < -0.3 is 14.9 Å². The number of azo groups is 3. The summed E-state index contributed by atoms with van der Waals surface area (Å²) < 4.78 is 285. The van der Waals surface area contributed by atoms with E-state index >= 15 is 0 Å². The van der Waals surface area contributed by atoms with Crippen molar-refractivity contribution in [3.05, 3.63) is 103 Å².